The van der Waals surface area contributed by atoms with Crippen LogP contribution in [0.3, 0.4) is 0 Å². The fraction of sp³-hybridized carbons (Fsp3) is 0.562. The highest BCUT2D eigenvalue weighted by atomic mass is 16.4. The fourth-order valence-electron chi connectivity index (χ4n) is 3.52. The van der Waals surface area contributed by atoms with E-state index in [1.54, 1.807) is 0 Å². The van der Waals surface area contributed by atoms with Gasteiger partial charge in [-0.15, -0.1) is 0 Å². The summed E-state index contributed by atoms with van der Waals surface area (Å²) < 4.78 is 0. The molecule has 3 atom stereocenters. The van der Waals surface area contributed by atoms with Gasteiger partial charge in [-0.3, -0.25) is 10.2 Å². The molecular formula is C16H23N3O2. The number of nitrogens with one attached hydrogen (secondary N) is 2. The summed E-state index contributed by atoms with van der Waals surface area (Å²) in [7, 11) is 0. The van der Waals surface area contributed by atoms with E-state index in [-0.39, 0.29) is 5.92 Å². The number of aliphatic carboxylic acids is 1. The Morgan fingerprint density at radius 2 is 2.14 bits per heavy atom. The molecule has 5 heteroatoms. The summed E-state index contributed by atoms with van der Waals surface area (Å²) in [5, 5.41) is 9.22. The molecule has 0 spiro atoms. The Balaban J connectivity index is 1.60. The van der Waals surface area contributed by atoms with Crippen molar-refractivity contribution in [1.82, 2.24) is 15.8 Å². The van der Waals surface area contributed by atoms with Crippen LogP contribution in [0.2, 0.25) is 0 Å². The molecule has 2 heterocycles. The average Bonchev–Trinajstić information content (AvgIpc) is 2.97. The second-order valence-corrected chi connectivity index (χ2v) is 6.11. The third-order valence-electron chi connectivity index (χ3n) is 4.63. The van der Waals surface area contributed by atoms with Gasteiger partial charge in [-0.25, -0.2) is 5.43 Å². The van der Waals surface area contributed by atoms with Crippen molar-refractivity contribution < 1.29 is 9.90 Å². The van der Waals surface area contributed by atoms with Crippen LogP contribution in [-0.2, 0) is 4.79 Å². The minimum Gasteiger partial charge on any atom is -0.480 e. The van der Waals surface area contributed by atoms with Gasteiger partial charge in [0.1, 0.15) is 6.04 Å². The zero-order chi connectivity index (χ0) is 14.7. The SMILES string of the molecule is O=C(O)C1NNCC1CN1CCCC(c2ccccc2)C1. The standard InChI is InChI=1S/C16H23N3O2/c20-16(21)15-14(9-17-18-15)11-19-8-4-7-13(10-19)12-5-2-1-3-6-12/h1-3,5-6,13-15,17-18H,4,7-11H2,(H,20,21). The largest absolute Gasteiger partial charge is 0.480 e. The number of hydrogen-bond acceptors (Lipinski definition) is 4. The highest BCUT2D eigenvalue weighted by Crippen LogP contribution is 2.27. The van der Waals surface area contributed by atoms with E-state index in [4.69, 9.17) is 0 Å². The van der Waals surface area contributed by atoms with Gasteiger partial charge in [0.25, 0.3) is 0 Å². The van der Waals surface area contributed by atoms with Crippen LogP contribution in [0.25, 0.3) is 0 Å². The maximum atomic E-state index is 11.2. The minimum atomic E-state index is -0.762. The van der Waals surface area contributed by atoms with E-state index in [0.29, 0.717) is 5.92 Å². The van der Waals surface area contributed by atoms with E-state index in [2.05, 4.69) is 46.1 Å². The zero-order valence-corrected chi connectivity index (χ0v) is 12.2. The second-order valence-electron chi connectivity index (χ2n) is 6.11. The Morgan fingerprint density at radius 3 is 2.90 bits per heavy atom. The smallest absolute Gasteiger partial charge is 0.322 e. The first-order chi connectivity index (χ1) is 10.2. The maximum Gasteiger partial charge on any atom is 0.322 e. The first-order valence-electron chi connectivity index (χ1n) is 7.72. The highest BCUT2D eigenvalue weighted by molar-refractivity contribution is 5.74. The van der Waals surface area contributed by atoms with Crippen LogP contribution in [0.1, 0.15) is 24.3 Å². The van der Waals surface area contributed by atoms with Crippen molar-refractivity contribution in [2.24, 2.45) is 5.92 Å². The number of likely N-dealkylation sites (tertiary alicyclic amines) is 1. The molecule has 0 saturated carbocycles. The van der Waals surface area contributed by atoms with E-state index in [1.165, 1.54) is 18.4 Å². The van der Waals surface area contributed by atoms with Crippen LogP contribution < -0.4 is 10.9 Å². The number of piperidine rings is 1. The molecule has 1 aromatic carbocycles. The van der Waals surface area contributed by atoms with Crippen LogP contribution in [0.4, 0.5) is 0 Å². The molecule has 0 aromatic heterocycles. The summed E-state index contributed by atoms with van der Waals surface area (Å²) in [6.45, 7) is 3.68. The lowest BCUT2D eigenvalue weighted by molar-refractivity contribution is -0.140. The Labute approximate surface area is 125 Å². The fourth-order valence-corrected chi connectivity index (χ4v) is 3.52. The van der Waals surface area contributed by atoms with Gasteiger partial charge in [0.15, 0.2) is 0 Å². The van der Waals surface area contributed by atoms with E-state index >= 15 is 0 Å². The molecule has 114 valence electrons. The van der Waals surface area contributed by atoms with Crippen molar-refractivity contribution in [3.05, 3.63) is 35.9 Å². The second kappa shape index (κ2) is 6.56. The quantitative estimate of drug-likeness (QED) is 0.773. The van der Waals surface area contributed by atoms with Crippen molar-refractivity contribution in [3.63, 3.8) is 0 Å². The van der Waals surface area contributed by atoms with Crippen molar-refractivity contribution in [2.75, 3.05) is 26.2 Å². The number of carbonyl (C=O) groups is 1. The van der Waals surface area contributed by atoms with E-state index in [9.17, 15) is 9.90 Å². The van der Waals surface area contributed by atoms with Gasteiger partial charge in [0.2, 0.25) is 0 Å². The van der Waals surface area contributed by atoms with E-state index < -0.39 is 12.0 Å². The first kappa shape index (κ1) is 14.5. The third-order valence-corrected chi connectivity index (χ3v) is 4.63. The predicted octanol–water partition coefficient (Wildman–Crippen LogP) is 1.04. The summed E-state index contributed by atoms with van der Waals surface area (Å²) in [5.41, 5.74) is 7.24. The molecule has 3 rings (SSSR count). The molecule has 2 aliphatic heterocycles. The topological polar surface area (TPSA) is 64.6 Å². The summed E-state index contributed by atoms with van der Waals surface area (Å²) >= 11 is 0. The van der Waals surface area contributed by atoms with Gasteiger partial charge in [-0.2, -0.15) is 0 Å². The summed E-state index contributed by atoms with van der Waals surface area (Å²) in [5.74, 6) is -0.0517. The molecule has 3 unspecified atom stereocenters. The molecule has 3 N–H and O–H groups in total. The van der Waals surface area contributed by atoms with Crippen LogP contribution >= 0.6 is 0 Å². The number of nitrogens with zero attached hydrogens (tertiary/aromatic N) is 1. The summed E-state index contributed by atoms with van der Waals surface area (Å²) in [6.07, 6.45) is 2.41. The molecular weight excluding hydrogens is 266 g/mol. The molecule has 0 amide bonds. The predicted molar refractivity (Wildman–Crippen MR) is 80.9 cm³/mol. The van der Waals surface area contributed by atoms with E-state index in [0.717, 1.165) is 26.2 Å². The Bertz CT molecular complexity index is 480. The van der Waals surface area contributed by atoms with Crippen molar-refractivity contribution in [1.29, 1.82) is 0 Å². The third kappa shape index (κ3) is 3.43. The van der Waals surface area contributed by atoms with Crippen LogP contribution in [0, 0.1) is 5.92 Å². The van der Waals surface area contributed by atoms with Gasteiger partial charge >= 0.3 is 5.97 Å². The van der Waals surface area contributed by atoms with Crippen LogP contribution in [0.15, 0.2) is 30.3 Å². The molecule has 5 nitrogen and oxygen atoms in total. The molecule has 2 saturated heterocycles. The van der Waals surface area contributed by atoms with Crippen LogP contribution in [0.5, 0.6) is 0 Å². The van der Waals surface area contributed by atoms with E-state index in [1.807, 2.05) is 0 Å². The Hall–Kier alpha value is -1.43. The lowest BCUT2D eigenvalue weighted by Gasteiger charge is -2.35. The highest BCUT2D eigenvalue weighted by Gasteiger charge is 2.34. The number of carboxylic acid groups (broad SMARTS) is 1. The molecule has 21 heavy (non-hydrogen) atoms. The lowest BCUT2D eigenvalue weighted by Crippen LogP contribution is -2.44. The monoisotopic (exact) mass is 289 g/mol. The molecule has 0 aliphatic carbocycles. The molecule has 2 fully saturated rings. The maximum absolute atomic E-state index is 11.2. The summed E-state index contributed by atoms with van der Waals surface area (Å²) in [4.78, 5) is 13.6. The number of hydrogen-bond donors (Lipinski definition) is 3. The molecule has 1 aromatic rings. The van der Waals surface area contributed by atoms with Crippen LogP contribution in [-0.4, -0.2) is 48.2 Å². The van der Waals surface area contributed by atoms with Gasteiger partial charge in [-0.1, -0.05) is 30.3 Å². The lowest BCUT2D eigenvalue weighted by atomic mass is 9.89. The van der Waals surface area contributed by atoms with Crippen molar-refractivity contribution >= 4 is 5.97 Å². The van der Waals surface area contributed by atoms with Gasteiger partial charge in [0, 0.05) is 25.6 Å². The first-order valence-corrected chi connectivity index (χ1v) is 7.72. The van der Waals surface area contributed by atoms with Gasteiger partial charge in [0.05, 0.1) is 0 Å². The normalized spacial score (nSPS) is 30.4. The average molecular weight is 289 g/mol. The summed E-state index contributed by atoms with van der Waals surface area (Å²) in [6, 6.07) is 10.2. The molecule has 0 bridgehead atoms. The number of hydrazine groups is 1. The Morgan fingerprint density at radius 1 is 1.33 bits per heavy atom. The van der Waals surface area contributed by atoms with Crippen molar-refractivity contribution in [3.8, 4) is 0 Å². The number of carboxylic acids is 1. The molecule has 0 radical (unpaired) electrons. The zero-order valence-electron chi connectivity index (χ0n) is 12.2. The number of benzene rings is 1. The molecule has 2 aliphatic rings. The van der Waals surface area contributed by atoms with Crippen molar-refractivity contribution in [2.45, 2.75) is 24.8 Å². The van der Waals surface area contributed by atoms with Gasteiger partial charge in [-0.05, 0) is 30.9 Å². The Kier molecular flexibility index (Phi) is 4.53. The number of rotatable bonds is 4. The van der Waals surface area contributed by atoms with Gasteiger partial charge < -0.3 is 10.0 Å². The minimum absolute atomic E-state index is 0.136.